The Kier molecular flexibility index (Phi) is 5.62. The van der Waals surface area contributed by atoms with Gasteiger partial charge >= 0.3 is 0 Å². The number of aromatic amines is 1. The molecule has 0 spiro atoms. The molecule has 1 nitrogen and oxygen atoms in total. The summed E-state index contributed by atoms with van der Waals surface area (Å²) >= 11 is 17.8. The summed E-state index contributed by atoms with van der Waals surface area (Å²) < 4.78 is -1.22. The molecule has 102 valence electrons. The molecule has 1 aromatic heterocycles. The topological polar surface area (TPSA) is 15.8 Å². The Morgan fingerprint density at radius 3 is 2.37 bits per heavy atom. The third-order valence-corrected chi connectivity index (χ3v) is 4.21. The van der Waals surface area contributed by atoms with E-state index in [0.29, 0.717) is 0 Å². The number of rotatable bonds is 2. The first-order chi connectivity index (χ1) is 8.89. The standard InChI is InChI=1S/C13H14Cl3N.C2H2/c1-8(13(14,15)16)7-11-9(2)17-12-6-4-3-5-10(11)12;1-2/h3-6,8,17H,7H2,1-2H3;1-2H. The average molecular weight is 317 g/mol. The van der Waals surface area contributed by atoms with E-state index in [0.717, 1.165) is 17.6 Å². The zero-order chi connectivity index (χ0) is 14.6. The summed E-state index contributed by atoms with van der Waals surface area (Å²) in [5.74, 6) is -0.0228. The number of aryl methyl sites for hydroxylation is 1. The van der Waals surface area contributed by atoms with Crippen LogP contribution in [-0.2, 0) is 6.42 Å². The Balaban J connectivity index is 0.000000861. The van der Waals surface area contributed by atoms with Crippen LogP contribution in [0, 0.1) is 25.7 Å². The number of benzene rings is 1. The molecule has 1 atom stereocenters. The Labute approximate surface area is 129 Å². The minimum atomic E-state index is -1.22. The molecule has 1 N–H and O–H groups in total. The maximum absolute atomic E-state index is 5.92. The van der Waals surface area contributed by atoms with E-state index in [1.54, 1.807) is 0 Å². The third-order valence-electron chi connectivity index (χ3n) is 3.10. The van der Waals surface area contributed by atoms with Gasteiger partial charge in [-0.2, -0.15) is 0 Å². The summed E-state index contributed by atoms with van der Waals surface area (Å²) in [6.45, 7) is 4.01. The van der Waals surface area contributed by atoms with E-state index in [1.165, 1.54) is 10.9 Å². The molecule has 2 aromatic rings. The Bertz CT molecular complexity index is 564. The highest BCUT2D eigenvalue weighted by molar-refractivity contribution is 6.67. The summed E-state index contributed by atoms with van der Waals surface area (Å²) in [4.78, 5) is 3.35. The fourth-order valence-corrected chi connectivity index (χ4v) is 2.25. The highest BCUT2D eigenvalue weighted by Gasteiger charge is 2.29. The molecule has 0 saturated heterocycles. The van der Waals surface area contributed by atoms with Crippen LogP contribution >= 0.6 is 34.8 Å². The minimum absolute atomic E-state index is 0.0228. The van der Waals surface area contributed by atoms with Crippen molar-refractivity contribution in [2.45, 2.75) is 24.1 Å². The van der Waals surface area contributed by atoms with E-state index in [4.69, 9.17) is 34.8 Å². The lowest BCUT2D eigenvalue weighted by Gasteiger charge is -2.20. The van der Waals surface area contributed by atoms with Gasteiger partial charge in [0.1, 0.15) is 0 Å². The second-order valence-corrected chi connectivity index (χ2v) is 6.79. The summed E-state index contributed by atoms with van der Waals surface area (Å²) in [7, 11) is 0. The van der Waals surface area contributed by atoms with E-state index < -0.39 is 3.79 Å². The Hall–Kier alpha value is -0.810. The van der Waals surface area contributed by atoms with Crippen LogP contribution in [-0.4, -0.2) is 8.78 Å². The summed E-state index contributed by atoms with van der Waals surface area (Å²) in [5.41, 5.74) is 3.52. The zero-order valence-corrected chi connectivity index (χ0v) is 13.2. The van der Waals surface area contributed by atoms with Crippen molar-refractivity contribution >= 4 is 45.7 Å². The van der Waals surface area contributed by atoms with Gasteiger partial charge in [-0.05, 0) is 25.0 Å². The number of aromatic nitrogens is 1. The molecule has 1 aromatic carbocycles. The number of terminal acetylenes is 1. The van der Waals surface area contributed by atoms with Gasteiger partial charge in [0.2, 0.25) is 0 Å². The van der Waals surface area contributed by atoms with Crippen LogP contribution in [0.5, 0.6) is 0 Å². The van der Waals surface area contributed by atoms with Gasteiger partial charge in [0.25, 0.3) is 0 Å². The smallest absolute Gasteiger partial charge is 0.193 e. The molecule has 0 aliphatic heterocycles. The van der Waals surface area contributed by atoms with Crippen LogP contribution in [0.2, 0.25) is 0 Å². The predicted octanol–water partition coefficient (Wildman–Crippen LogP) is 5.27. The highest BCUT2D eigenvalue weighted by Crippen LogP contribution is 2.38. The van der Waals surface area contributed by atoms with Gasteiger partial charge in [-0.15, -0.1) is 12.8 Å². The van der Waals surface area contributed by atoms with Crippen LogP contribution < -0.4 is 0 Å². The number of fused-ring (bicyclic) bond motifs is 1. The summed E-state index contributed by atoms with van der Waals surface area (Å²) in [5, 5.41) is 1.21. The minimum Gasteiger partial charge on any atom is -0.358 e. The van der Waals surface area contributed by atoms with E-state index in [9.17, 15) is 0 Å². The van der Waals surface area contributed by atoms with Gasteiger partial charge in [0.05, 0.1) is 0 Å². The Morgan fingerprint density at radius 1 is 1.21 bits per heavy atom. The first-order valence-electron chi connectivity index (χ1n) is 5.86. The quantitative estimate of drug-likeness (QED) is 0.573. The van der Waals surface area contributed by atoms with Crippen molar-refractivity contribution in [2.24, 2.45) is 5.92 Å². The van der Waals surface area contributed by atoms with Gasteiger partial charge in [-0.25, -0.2) is 0 Å². The number of hydrogen-bond donors (Lipinski definition) is 1. The van der Waals surface area contributed by atoms with Crippen LogP contribution in [0.25, 0.3) is 10.9 Å². The van der Waals surface area contributed by atoms with Crippen LogP contribution in [0.1, 0.15) is 18.2 Å². The van der Waals surface area contributed by atoms with Crippen molar-refractivity contribution in [3.63, 3.8) is 0 Å². The monoisotopic (exact) mass is 315 g/mol. The summed E-state index contributed by atoms with van der Waals surface area (Å²) in [6, 6.07) is 8.20. The maximum atomic E-state index is 5.92. The van der Waals surface area contributed by atoms with Crippen molar-refractivity contribution < 1.29 is 0 Å². The number of halogens is 3. The largest absolute Gasteiger partial charge is 0.358 e. The number of H-pyrrole nitrogens is 1. The molecule has 2 rings (SSSR count). The molecule has 0 bridgehead atoms. The molecule has 4 heteroatoms. The van der Waals surface area contributed by atoms with E-state index in [1.807, 2.05) is 19.1 Å². The van der Waals surface area contributed by atoms with Gasteiger partial charge in [-0.3, -0.25) is 0 Å². The van der Waals surface area contributed by atoms with Gasteiger partial charge in [0, 0.05) is 22.5 Å². The molecule has 1 heterocycles. The van der Waals surface area contributed by atoms with Crippen LogP contribution in [0.4, 0.5) is 0 Å². The Morgan fingerprint density at radius 2 is 1.79 bits per heavy atom. The van der Waals surface area contributed by atoms with Crippen molar-refractivity contribution in [3.8, 4) is 12.8 Å². The lowest BCUT2D eigenvalue weighted by atomic mass is 10.00. The molecule has 0 aliphatic rings. The van der Waals surface area contributed by atoms with Gasteiger partial charge < -0.3 is 4.98 Å². The molecular formula is C15H16Cl3N. The molecule has 1 unspecified atom stereocenters. The average Bonchev–Trinajstić information content (AvgIpc) is 2.67. The third kappa shape index (κ3) is 3.83. The molecule has 0 fully saturated rings. The van der Waals surface area contributed by atoms with E-state index in [-0.39, 0.29) is 5.92 Å². The molecule has 0 amide bonds. The van der Waals surface area contributed by atoms with Crippen molar-refractivity contribution in [1.29, 1.82) is 0 Å². The predicted molar refractivity (Wildman–Crippen MR) is 86.1 cm³/mol. The van der Waals surface area contributed by atoms with Crippen molar-refractivity contribution in [1.82, 2.24) is 4.98 Å². The number of hydrogen-bond acceptors (Lipinski definition) is 0. The number of nitrogens with one attached hydrogen (secondary N) is 1. The van der Waals surface area contributed by atoms with Crippen molar-refractivity contribution in [3.05, 3.63) is 35.5 Å². The molecule has 0 aliphatic carbocycles. The molecular weight excluding hydrogens is 301 g/mol. The van der Waals surface area contributed by atoms with Gasteiger partial charge in [-0.1, -0.05) is 59.9 Å². The lowest BCUT2D eigenvalue weighted by Crippen LogP contribution is -2.18. The fourth-order valence-electron chi connectivity index (χ4n) is 2.02. The van der Waals surface area contributed by atoms with E-state index in [2.05, 4.69) is 36.9 Å². The number of alkyl halides is 3. The second kappa shape index (κ2) is 6.57. The number of para-hydroxylation sites is 1. The zero-order valence-electron chi connectivity index (χ0n) is 10.9. The van der Waals surface area contributed by atoms with E-state index >= 15 is 0 Å². The molecule has 0 radical (unpaired) electrons. The lowest BCUT2D eigenvalue weighted by molar-refractivity contribution is 0.594. The normalized spacial score (nSPS) is 12.8. The van der Waals surface area contributed by atoms with Crippen LogP contribution in [0.15, 0.2) is 24.3 Å². The van der Waals surface area contributed by atoms with Gasteiger partial charge in [0.15, 0.2) is 3.79 Å². The molecule has 0 saturated carbocycles. The van der Waals surface area contributed by atoms with Crippen molar-refractivity contribution in [2.75, 3.05) is 0 Å². The highest BCUT2D eigenvalue weighted by atomic mass is 35.6. The second-order valence-electron chi connectivity index (χ2n) is 4.42. The first kappa shape index (κ1) is 16.2. The fraction of sp³-hybridized carbons (Fsp3) is 0.333. The molecule has 19 heavy (non-hydrogen) atoms. The van der Waals surface area contributed by atoms with Crippen LogP contribution in [0.3, 0.4) is 0 Å². The SMILES string of the molecule is C#C.Cc1[nH]c2ccccc2c1CC(C)C(Cl)(Cl)Cl. The maximum Gasteiger partial charge on any atom is 0.193 e. The first-order valence-corrected chi connectivity index (χ1v) is 6.99. The summed E-state index contributed by atoms with van der Waals surface area (Å²) in [6.07, 6.45) is 8.76.